The van der Waals surface area contributed by atoms with Gasteiger partial charge in [0.1, 0.15) is 0 Å². The number of para-hydroxylation sites is 2. The van der Waals surface area contributed by atoms with Gasteiger partial charge in [-0.1, -0.05) is 48.0 Å². The molecule has 0 aliphatic carbocycles. The first-order valence-corrected chi connectivity index (χ1v) is 11.9. The zero-order valence-corrected chi connectivity index (χ0v) is 19.3. The van der Waals surface area contributed by atoms with Crippen LogP contribution in [0.5, 0.6) is 0 Å². The Morgan fingerprint density at radius 2 is 1.58 bits per heavy atom. The van der Waals surface area contributed by atoms with E-state index in [4.69, 9.17) is 11.6 Å². The van der Waals surface area contributed by atoms with Crippen LogP contribution in [0, 0.1) is 6.92 Å². The van der Waals surface area contributed by atoms with Gasteiger partial charge in [0, 0.05) is 24.3 Å². The maximum atomic E-state index is 12.9. The van der Waals surface area contributed by atoms with Crippen molar-refractivity contribution in [1.29, 1.82) is 0 Å². The summed E-state index contributed by atoms with van der Waals surface area (Å²) in [6, 6.07) is 19.6. The van der Waals surface area contributed by atoms with Crippen LogP contribution in [0.2, 0.25) is 5.02 Å². The smallest absolute Gasteiger partial charge is 0.319 e. The van der Waals surface area contributed by atoms with Crippen LogP contribution in [0.15, 0.2) is 77.7 Å². The molecule has 0 atom stereocenters. The first kappa shape index (κ1) is 24.1. The standard InChI is InChI=1S/C23H23ClN4O4S/c1-16-11-12-18(15-21(16)33(31,32)28-20-10-6-5-9-19(20)24)26-22(29)13-14-25-23(30)27-17-7-3-2-4-8-17/h2-12,15,28H,13-14H2,1H3,(H,26,29)(H2,25,27,30). The zero-order chi connectivity index (χ0) is 23.8. The first-order valence-electron chi connectivity index (χ1n) is 10.0. The number of nitrogens with one attached hydrogen (secondary N) is 4. The number of hydrogen-bond acceptors (Lipinski definition) is 4. The summed E-state index contributed by atoms with van der Waals surface area (Å²) >= 11 is 6.06. The van der Waals surface area contributed by atoms with Crippen LogP contribution in [0.3, 0.4) is 0 Å². The molecule has 3 amide bonds. The van der Waals surface area contributed by atoms with Gasteiger partial charge in [-0.2, -0.15) is 0 Å². The number of carbonyl (C=O) groups is 2. The van der Waals surface area contributed by atoms with Crippen LogP contribution in [0.25, 0.3) is 0 Å². The molecule has 4 N–H and O–H groups in total. The summed E-state index contributed by atoms with van der Waals surface area (Å²) in [6.07, 6.45) is 0.00996. The van der Waals surface area contributed by atoms with Gasteiger partial charge in [0.2, 0.25) is 5.91 Å². The van der Waals surface area contributed by atoms with Crippen molar-refractivity contribution in [3.05, 3.63) is 83.4 Å². The van der Waals surface area contributed by atoms with Gasteiger partial charge in [-0.15, -0.1) is 0 Å². The number of aryl methyl sites for hydroxylation is 1. The van der Waals surface area contributed by atoms with Crippen molar-refractivity contribution in [2.75, 3.05) is 21.9 Å². The number of sulfonamides is 1. The lowest BCUT2D eigenvalue weighted by Gasteiger charge is -2.13. The molecule has 172 valence electrons. The molecule has 0 bridgehead atoms. The molecule has 0 aliphatic heterocycles. The Kier molecular flexibility index (Phi) is 7.92. The minimum absolute atomic E-state index is 0.00996. The fourth-order valence-electron chi connectivity index (χ4n) is 2.92. The van der Waals surface area contributed by atoms with Crippen LogP contribution in [0.1, 0.15) is 12.0 Å². The van der Waals surface area contributed by atoms with E-state index in [0.29, 0.717) is 16.9 Å². The molecule has 0 saturated heterocycles. The summed E-state index contributed by atoms with van der Waals surface area (Å²) in [6.45, 7) is 1.76. The molecule has 3 aromatic rings. The number of urea groups is 1. The van der Waals surface area contributed by atoms with E-state index < -0.39 is 16.1 Å². The molecule has 0 heterocycles. The van der Waals surface area contributed by atoms with Crippen molar-refractivity contribution in [3.8, 4) is 0 Å². The van der Waals surface area contributed by atoms with Gasteiger partial charge in [0.05, 0.1) is 15.6 Å². The van der Waals surface area contributed by atoms with Crippen LogP contribution in [0.4, 0.5) is 21.9 Å². The average Bonchev–Trinajstić information content (AvgIpc) is 2.77. The Morgan fingerprint density at radius 1 is 0.879 bits per heavy atom. The number of hydrogen-bond donors (Lipinski definition) is 4. The van der Waals surface area contributed by atoms with Crippen LogP contribution < -0.4 is 20.7 Å². The Hall–Kier alpha value is -3.56. The molecule has 33 heavy (non-hydrogen) atoms. The first-order chi connectivity index (χ1) is 15.7. The number of benzene rings is 3. The van der Waals surface area contributed by atoms with Gasteiger partial charge in [-0.25, -0.2) is 13.2 Å². The van der Waals surface area contributed by atoms with Gasteiger partial charge >= 0.3 is 6.03 Å². The Bertz CT molecular complexity index is 1250. The lowest BCUT2D eigenvalue weighted by molar-refractivity contribution is -0.116. The van der Waals surface area contributed by atoms with E-state index in [1.54, 1.807) is 67.6 Å². The topological polar surface area (TPSA) is 116 Å². The molecule has 0 spiro atoms. The molecule has 0 radical (unpaired) electrons. The molecular weight excluding hydrogens is 464 g/mol. The Morgan fingerprint density at radius 3 is 2.30 bits per heavy atom. The van der Waals surface area contributed by atoms with Crippen molar-refractivity contribution in [2.45, 2.75) is 18.2 Å². The average molecular weight is 487 g/mol. The molecule has 10 heteroatoms. The molecule has 0 aromatic heterocycles. The molecule has 3 rings (SSSR count). The number of rotatable bonds is 8. The monoisotopic (exact) mass is 486 g/mol. The van der Waals surface area contributed by atoms with E-state index in [1.807, 2.05) is 6.07 Å². The molecule has 0 aliphatic rings. The molecule has 3 aromatic carbocycles. The predicted molar refractivity (Wildman–Crippen MR) is 130 cm³/mol. The highest BCUT2D eigenvalue weighted by molar-refractivity contribution is 7.92. The maximum Gasteiger partial charge on any atom is 0.319 e. The highest BCUT2D eigenvalue weighted by Gasteiger charge is 2.19. The van der Waals surface area contributed by atoms with E-state index in [2.05, 4.69) is 20.7 Å². The maximum absolute atomic E-state index is 12.9. The van der Waals surface area contributed by atoms with Crippen molar-refractivity contribution in [1.82, 2.24) is 5.32 Å². The van der Waals surface area contributed by atoms with Crippen molar-refractivity contribution in [2.24, 2.45) is 0 Å². The van der Waals surface area contributed by atoms with Crippen molar-refractivity contribution in [3.63, 3.8) is 0 Å². The van der Waals surface area contributed by atoms with Gasteiger partial charge in [0.25, 0.3) is 10.0 Å². The van der Waals surface area contributed by atoms with Gasteiger partial charge in [-0.3, -0.25) is 9.52 Å². The third kappa shape index (κ3) is 6.96. The van der Waals surface area contributed by atoms with Crippen molar-refractivity contribution < 1.29 is 18.0 Å². The minimum Gasteiger partial charge on any atom is -0.337 e. The fourth-order valence-corrected chi connectivity index (χ4v) is 4.51. The highest BCUT2D eigenvalue weighted by atomic mass is 35.5. The minimum atomic E-state index is -3.93. The molecule has 0 saturated carbocycles. The molecular formula is C23H23ClN4O4S. The summed E-state index contributed by atoms with van der Waals surface area (Å²) < 4.78 is 28.2. The lowest BCUT2D eigenvalue weighted by atomic mass is 10.2. The summed E-state index contributed by atoms with van der Waals surface area (Å²) in [5, 5.41) is 8.17. The van der Waals surface area contributed by atoms with Crippen LogP contribution in [-0.2, 0) is 14.8 Å². The summed E-state index contributed by atoms with van der Waals surface area (Å²) in [7, 11) is -3.93. The Balaban J connectivity index is 1.58. The lowest BCUT2D eigenvalue weighted by Crippen LogP contribution is -2.31. The molecule has 8 nitrogen and oxygen atoms in total. The fraction of sp³-hybridized carbons (Fsp3) is 0.130. The summed E-state index contributed by atoms with van der Waals surface area (Å²) in [4.78, 5) is 24.2. The largest absolute Gasteiger partial charge is 0.337 e. The second-order valence-electron chi connectivity index (χ2n) is 7.11. The second-order valence-corrected chi connectivity index (χ2v) is 9.17. The van der Waals surface area contributed by atoms with Gasteiger partial charge in [-0.05, 0) is 48.9 Å². The zero-order valence-electron chi connectivity index (χ0n) is 17.8. The molecule has 0 fully saturated rings. The SMILES string of the molecule is Cc1ccc(NC(=O)CCNC(=O)Nc2ccccc2)cc1S(=O)(=O)Nc1ccccc1Cl. The van der Waals surface area contributed by atoms with Crippen LogP contribution in [-0.4, -0.2) is 26.9 Å². The van der Waals surface area contributed by atoms with E-state index in [9.17, 15) is 18.0 Å². The summed E-state index contributed by atoms with van der Waals surface area (Å²) in [5.41, 5.74) is 1.72. The second kappa shape index (κ2) is 10.8. The Labute approximate surface area is 197 Å². The number of carbonyl (C=O) groups excluding carboxylic acids is 2. The summed E-state index contributed by atoms with van der Waals surface area (Å²) in [5.74, 6) is -0.374. The van der Waals surface area contributed by atoms with E-state index in [0.717, 1.165) is 0 Å². The third-order valence-electron chi connectivity index (χ3n) is 4.55. The van der Waals surface area contributed by atoms with Gasteiger partial charge < -0.3 is 16.0 Å². The number of amides is 3. The number of anilines is 3. The van der Waals surface area contributed by atoms with Crippen molar-refractivity contribution >= 4 is 50.6 Å². The molecule has 0 unspecified atom stereocenters. The highest BCUT2D eigenvalue weighted by Crippen LogP contribution is 2.26. The van der Waals surface area contributed by atoms with E-state index in [1.165, 1.54) is 6.07 Å². The number of halogens is 1. The van der Waals surface area contributed by atoms with Gasteiger partial charge in [0.15, 0.2) is 0 Å². The van der Waals surface area contributed by atoms with E-state index >= 15 is 0 Å². The van der Waals surface area contributed by atoms with E-state index in [-0.39, 0.29) is 34.5 Å². The van der Waals surface area contributed by atoms with Crippen LogP contribution >= 0.6 is 11.6 Å². The quantitative estimate of drug-likeness (QED) is 0.372. The normalized spacial score (nSPS) is 10.8. The third-order valence-corrected chi connectivity index (χ3v) is 6.39. The predicted octanol–water partition coefficient (Wildman–Crippen LogP) is 4.60.